The molecule has 0 aromatic carbocycles. The van der Waals surface area contributed by atoms with Gasteiger partial charge in [-0.15, -0.1) is 0 Å². The van der Waals surface area contributed by atoms with Crippen LogP contribution in [0.25, 0.3) is 0 Å². The molecule has 1 rings (SSSR count). The summed E-state index contributed by atoms with van der Waals surface area (Å²) in [5.74, 6) is 0. The number of allylic oxidation sites excluding steroid dienone is 2. The van der Waals surface area contributed by atoms with Gasteiger partial charge in [0.15, 0.2) is 0 Å². The highest BCUT2D eigenvalue weighted by molar-refractivity contribution is 6.52. The normalized spacial score (nSPS) is 18.2. The fraction of sp³-hybridized carbons (Fsp3) is 0.333. The Balaban J connectivity index is 2.80. The van der Waals surface area contributed by atoms with Crippen LogP contribution in [0.2, 0.25) is 0 Å². The Labute approximate surface area is 64.7 Å². The summed E-state index contributed by atoms with van der Waals surface area (Å²) in [6, 6.07) is 0. The van der Waals surface area contributed by atoms with E-state index in [-0.39, 0.29) is 12.1 Å². The molecule has 0 aliphatic heterocycles. The van der Waals surface area contributed by atoms with Gasteiger partial charge in [0, 0.05) is 24.3 Å². The minimum absolute atomic E-state index is 0.268. The van der Waals surface area contributed by atoms with Crippen LogP contribution in [0.3, 0.4) is 0 Å². The first-order valence-corrected chi connectivity index (χ1v) is 3.30. The summed E-state index contributed by atoms with van der Waals surface area (Å²) in [6.07, 6.45) is 2.03. The standard InChI is InChI=1S/C6H9BN2O2/c8-5-1-4(7(10)11)2-6(9)3-5/h1,8-11H,2-3H2. The highest BCUT2D eigenvalue weighted by Gasteiger charge is 2.20. The molecular weight excluding hydrogens is 143 g/mol. The number of hydrogen-bond acceptors (Lipinski definition) is 4. The van der Waals surface area contributed by atoms with Crippen molar-refractivity contribution in [2.75, 3.05) is 0 Å². The molecule has 5 heteroatoms. The summed E-state index contributed by atoms with van der Waals surface area (Å²) in [5, 5.41) is 31.9. The van der Waals surface area contributed by atoms with Crippen LogP contribution in [0.15, 0.2) is 11.5 Å². The summed E-state index contributed by atoms with van der Waals surface area (Å²) in [5.41, 5.74) is 0.969. The van der Waals surface area contributed by atoms with Crippen molar-refractivity contribution < 1.29 is 10.0 Å². The Bertz CT molecular complexity index is 235. The van der Waals surface area contributed by atoms with Gasteiger partial charge in [-0.2, -0.15) is 0 Å². The molecular formula is C6H9BN2O2. The van der Waals surface area contributed by atoms with Crippen molar-refractivity contribution in [3.63, 3.8) is 0 Å². The molecule has 0 radical (unpaired) electrons. The van der Waals surface area contributed by atoms with Gasteiger partial charge < -0.3 is 20.9 Å². The summed E-state index contributed by atoms with van der Waals surface area (Å²) >= 11 is 0. The van der Waals surface area contributed by atoms with E-state index in [4.69, 9.17) is 20.9 Å². The Morgan fingerprint density at radius 1 is 1.27 bits per heavy atom. The van der Waals surface area contributed by atoms with E-state index in [9.17, 15) is 0 Å². The van der Waals surface area contributed by atoms with E-state index in [1.54, 1.807) is 0 Å². The first kappa shape index (κ1) is 8.16. The molecule has 0 aromatic rings. The molecule has 0 spiro atoms. The van der Waals surface area contributed by atoms with Crippen molar-refractivity contribution in [1.29, 1.82) is 10.8 Å². The minimum Gasteiger partial charge on any atom is -0.423 e. The third kappa shape index (κ3) is 1.99. The Morgan fingerprint density at radius 2 is 1.91 bits per heavy atom. The van der Waals surface area contributed by atoms with Gasteiger partial charge in [0.05, 0.1) is 0 Å². The van der Waals surface area contributed by atoms with Crippen molar-refractivity contribution >= 4 is 18.5 Å². The van der Waals surface area contributed by atoms with Gasteiger partial charge in [0.1, 0.15) is 0 Å². The van der Waals surface area contributed by atoms with Crippen LogP contribution in [0.5, 0.6) is 0 Å². The van der Waals surface area contributed by atoms with Gasteiger partial charge in [-0.25, -0.2) is 0 Å². The minimum atomic E-state index is -1.52. The Kier molecular flexibility index (Phi) is 2.21. The second-order valence-corrected chi connectivity index (χ2v) is 2.58. The SMILES string of the molecule is N=C1C=C(B(O)O)CC(=N)C1. The average Bonchev–Trinajstić information content (AvgIpc) is 1.85. The summed E-state index contributed by atoms with van der Waals surface area (Å²) in [4.78, 5) is 0. The molecule has 0 saturated heterocycles. The first-order chi connectivity index (χ1) is 5.09. The largest absolute Gasteiger partial charge is 0.484 e. The zero-order chi connectivity index (χ0) is 8.43. The van der Waals surface area contributed by atoms with E-state index in [1.165, 1.54) is 6.08 Å². The molecule has 11 heavy (non-hydrogen) atoms. The molecule has 1 aliphatic carbocycles. The molecule has 0 amide bonds. The molecule has 0 saturated carbocycles. The molecule has 0 aromatic heterocycles. The predicted molar refractivity (Wildman–Crippen MR) is 43.0 cm³/mol. The van der Waals surface area contributed by atoms with E-state index >= 15 is 0 Å². The van der Waals surface area contributed by atoms with Crippen molar-refractivity contribution in [2.24, 2.45) is 0 Å². The topological polar surface area (TPSA) is 88.2 Å². The van der Waals surface area contributed by atoms with Crippen LogP contribution in [0.4, 0.5) is 0 Å². The Hall–Kier alpha value is -0.935. The molecule has 0 bridgehead atoms. The van der Waals surface area contributed by atoms with Crippen LogP contribution in [0.1, 0.15) is 12.8 Å². The smallest absolute Gasteiger partial charge is 0.423 e. The van der Waals surface area contributed by atoms with E-state index in [0.717, 1.165) is 0 Å². The quantitative estimate of drug-likeness (QED) is 0.390. The lowest BCUT2D eigenvalue weighted by molar-refractivity contribution is 0.418. The van der Waals surface area contributed by atoms with E-state index < -0.39 is 7.12 Å². The lowest BCUT2D eigenvalue weighted by atomic mass is 9.73. The molecule has 0 fully saturated rings. The zero-order valence-corrected chi connectivity index (χ0v) is 5.96. The van der Waals surface area contributed by atoms with Crippen molar-refractivity contribution in [1.82, 2.24) is 0 Å². The predicted octanol–water partition coefficient (Wildman–Crippen LogP) is -0.242. The number of nitrogens with one attached hydrogen (secondary N) is 2. The average molecular weight is 152 g/mol. The lowest BCUT2D eigenvalue weighted by Crippen LogP contribution is -2.23. The van der Waals surface area contributed by atoms with Crippen molar-refractivity contribution in [2.45, 2.75) is 12.8 Å². The fourth-order valence-corrected chi connectivity index (χ4v) is 1.03. The molecule has 4 nitrogen and oxygen atoms in total. The second-order valence-electron chi connectivity index (χ2n) is 2.58. The lowest BCUT2D eigenvalue weighted by Gasteiger charge is -2.13. The molecule has 58 valence electrons. The van der Waals surface area contributed by atoms with Crippen molar-refractivity contribution in [3.05, 3.63) is 11.5 Å². The molecule has 1 aliphatic rings. The summed E-state index contributed by atoms with van der Waals surface area (Å²) < 4.78 is 0. The van der Waals surface area contributed by atoms with Gasteiger partial charge >= 0.3 is 7.12 Å². The Morgan fingerprint density at radius 3 is 2.36 bits per heavy atom. The third-order valence-electron chi connectivity index (χ3n) is 1.51. The highest BCUT2D eigenvalue weighted by Crippen LogP contribution is 2.12. The van der Waals surface area contributed by atoms with Gasteiger partial charge in [-0.1, -0.05) is 0 Å². The summed E-state index contributed by atoms with van der Waals surface area (Å²) in [6.45, 7) is 0. The third-order valence-corrected chi connectivity index (χ3v) is 1.51. The second kappa shape index (κ2) is 2.98. The van der Waals surface area contributed by atoms with Gasteiger partial charge in [0.2, 0.25) is 0 Å². The van der Waals surface area contributed by atoms with Gasteiger partial charge in [-0.3, -0.25) is 0 Å². The van der Waals surface area contributed by atoms with Crippen molar-refractivity contribution in [3.8, 4) is 0 Å². The maximum Gasteiger partial charge on any atom is 0.484 e. The van der Waals surface area contributed by atoms with E-state index in [1.807, 2.05) is 0 Å². The molecule has 0 atom stereocenters. The van der Waals surface area contributed by atoms with Gasteiger partial charge in [-0.05, 0) is 11.5 Å². The van der Waals surface area contributed by atoms with Crippen LogP contribution in [-0.4, -0.2) is 28.6 Å². The number of hydrogen-bond donors (Lipinski definition) is 4. The van der Waals surface area contributed by atoms with E-state index in [0.29, 0.717) is 17.6 Å². The molecule has 0 heterocycles. The van der Waals surface area contributed by atoms with Crippen LogP contribution in [0, 0.1) is 10.8 Å². The highest BCUT2D eigenvalue weighted by atomic mass is 16.4. The summed E-state index contributed by atoms with van der Waals surface area (Å²) in [7, 11) is -1.52. The van der Waals surface area contributed by atoms with Crippen LogP contribution >= 0.6 is 0 Å². The molecule has 0 unspecified atom stereocenters. The van der Waals surface area contributed by atoms with E-state index in [2.05, 4.69) is 0 Å². The van der Waals surface area contributed by atoms with Gasteiger partial charge in [0.25, 0.3) is 0 Å². The molecule has 4 N–H and O–H groups in total. The fourth-order valence-electron chi connectivity index (χ4n) is 1.03. The van der Waals surface area contributed by atoms with Crippen LogP contribution < -0.4 is 0 Å². The maximum atomic E-state index is 8.71. The monoisotopic (exact) mass is 152 g/mol. The van der Waals surface area contributed by atoms with Crippen LogP contribution in [-0.2, 0) is 0 Å². The number of rotatable bonds is 1. The maximum absolute atomic E-state index is 8.71. The zero-order valence-electron chi connectivity index (χ0n) is 5.96. The first-order valence-electron chi connectivity index (χ1n) is 3.30.